The fourth-order valence-corrected chi connectivity index (χ4v) is 3.11. The number of fused-ring (bicyclic) bond motifs is 1. The van der Waals surface area contributed by atoms with Crippen LogP contribution in [0, 0.1) is 10.1 Å². The Balaban J connectivity index is 1.63. The molecule has 1 atom stereocenters. The Hall–Kier alpha value is -2.45. The van der Waals surface area contributed by atoms with Crippen molar-refractivity contribution in [2.75, 3.05) is 18.4 Å². The van der Waals surface area contributed by atoms with Crippen molar-refractivity contribution in [3.8, 4) is 0 Å². The van der Waals surface area contributed by atoms with Gasteiger partial charge in [0.1, 0.15) is 0 Å². The summed E-state index contributed by atoms with van der Waals surface area (Å²) in [7, 11) is 0. The number of hydrogen-bond donors (Lipinski definition) is 2. The van der Waals surface area contributed by atoms with E-state index in [4.69, 9.17) is 11.6 Å². The van der Waals surface area contributed by atoms with E-state index in [1.165, 1.54) is 18.2 Å². The first-order chi connectivity index (χ1) is 11.4. The van der Waals surface area contributed by atoms with Crippen LogP contribution < -0.4 is 5.32 Å². The summed E-state index contributed by atoms with van der Waals surface area (Å²) in [5.74, 6) is 0.0527. The van der Waals surface area contributed by atoms with Gasteiger partial charge in [-0.2, -0.15) is 5.10 Å². The van der Waals surface area contributed by atoms with Crippen LogP contribution in [0.1, 0.15) is 24.1 Å². The van der Waals surface area contributed by atoms with Crippen molar-refractivity contribution in [1.29, 1.82) is 0 Å². The SMILES string of the molecule is C[C@@H]1CN(CC(=O)Nc2ccc([N+](=O)[O-])cc2Cl)Cc2cn[nH]c21. The number of nitro groups is 1. The van der Waals surface area contributed by atoms with Gasteiger partial charge in [0, 0.05) is 42.4 Å². The number of halogens is 1. The van der Waals surface area contributed by atoms with Gasteiger partial charge in [-0.25, -0.2) is 0 Å². The second-order valence-corrected chi connectivity index (χ2v) is 6.26. The minimum absolute atomic E-state index is 0.115. The fraction of sp³-hybridized carbons (Fsp3) is 0.333. The van der Waals surface area contributed by atoms with Gasteiger partial charge in [-0.1, -0.05) is 18.5 Å². The molecule has 2 aromatic rings. The third kappa shape index (κ3) is 3.39. The first-order valence-corrected chi connectivity index (χ1v) is 7.80. The van der Waals surface area contributed by atoms with Crippen LogP contribution >= 0.6 is 11.6 Å². The van der Waals surface area contributed by atoms with Crippen LogP contribution in [0.4, 0.5) is 11.4 Å². The average Bonchev–Trinajstić information content (AvgIpc) is 2.98. The van der Waals surface area contributed by atoms with Crippen molar-refractivity contribution in [3.63, 3.8) is 0 Å². The van der Waals surface area contributed by atoms with Crippen molar-refractivity contribution < 1.29 is 9.72 Å². The lowest BCUT2D eigenvalue weighted by atomic mass is 9.98. The van der Waals surface area contributed by atoms with E-state index in [1.54, 1.807) is 6.20 Å². The maximum Gasteiger partial charge on any atom is 0.271 e. The molecule has 0 spiro atoms. The summed E-state index contributed by atoms with van der Waals surface area (Å²) in [5, 5.41) is 20.6. The number of carbonyl (C=O) groups is 1. The predicted molar refractivity (Wildman–Crippen MR) is 89.0 cm³/mol. The van der Waals surface area contributed by atoms with Gasteiger partial charge in [-0.05, 0) is 6.07 Å². The van der Waals surface area contributed by atoms with Crippen molar-refractivity contribution in [3.05, 3.63) is 50.8 Å². The third-order valence-electron chi connectivity index (χ3n) is 3.97. The molecule has 0 unspecified atom stereocenters. The first-order valence-electron chi connectivity index (χ1n) is 7.42. The van der Waals surface area contributed by atoms with E-state index in [9.17, 15) is 14.9 Å². The molecule has 1 aliphatic rings. The number of amides is 1. The van der Waals surface area contributed by atoms with Crippen molar-refractivity contribution in [1.82, 2.24) is 15.1 Å². The molecule has 0 radical (unpaired) electrons. The number of H-pyrrole nitrogens is 1. The van der Waals surface area contributed by atoms with Crippen LogP contribution in [-0.2, 0) is 11.3 Å². The number of benzene rings is 1. The lowest BCUT2D eigenvalue weighted by molar-refractivity contribution is -0.384. The standard InChI is InChI=1S/C15H16ClN5O3/c1-9-6-20(7-10-5-17-19-15(9)10)8-14(22)18-13-3-2-11(21(23)24)4-12(13)16/h2-5,9H,6-8H2,1H3,(H,17,19)(H,18,22)/t9-/m1/s1. The van der Waals surface area contributed by atoms with Crippen LogP contribution in [0.15, 0.2) is 24.4 Å². The lowest BCUT2D eigenvalue weighted by Gasteiger charge is -2.29. The highest BCUT2D eigenvalue weighted by Gasteiger charge is 2.25. The molecule has 1 aromatic carbocycles. The molecular formula is C15H16ClN5O3. The molecule has 126 valence electrons. The Morgan fingerprint density at radius 1 is 1.58 bits per heavy atom. The van der Waals surface area contributed by atoms with E-state index in [0.717, 1.165) is 17.8 Å². The number of aromatic nitrogens is 2. The fourth-order valence-electron chi connectivity index (χ4n) is 2.89. The molecule has 24 heavy (non-hydrogen) atoms. The van der Waals surface area contributed by atoms with E-state index in [2.05, 4.69) is 22.4 Å². The monoisotopic (exact) mass is 349 g/mol. The quantitative estimate of drug-likeness (QED) is 0.652. The molecule has 9 heteroatoms. The van der Waals surface area contributed by atoms with E-state index in [0.29, 0.717) is 12.2 Å². The number of rotatable bonds is 4. The zero-order valence-corrected chi connectivity index (χ0v) is 13.7. The van der Waals surface area contributed by atoms with E-state index >= 15 is 0 Å². The normalized spacial score (nSPS) is 17.3. The van der Waals surface area contributed by atoms with Crippen LogP contribution in [0.3, 0.4) is 0 Å². The predicted octanol–water partition coefficient (Wildman–Crippen LogP) is 2.53. The molecule has 0 saturated heterocycles. The molecule has 0 aliphatic carbocycles. The van der Waals surface area contributed by atoms with Crippen LogP contribution in [0.2, 0.25) is 5.02 Å². The lowest BCUT2D eigenvalue weighted by Crippen LogP contribution is -2.38. The first kappa shape index (κ1) is 16.4. The van der Waals surface area contributed by atoms with Crippen LogP contribution in [-0.4, -0.2) is 39.0 Å². The van der Waals surface area contributed by atoms with Crippen LogP contribution in [0.25, 0.3) is 0 Å². The van der Waals surface area contributed by atoms with Gasteiger partial charge < -0.3 is 5.32 Å². The number of nitro benzene ring substituents is 1. The summed E-state index contributed by atoms with van der Waals surface area (Å²) in [6.07, 6.45) is 1.78. The molecule has 0 fully saturated rings. The molecule has 8 nitrogen and oxygen atoms in total. The number of carbonyl (C=O) groups excluding carboxylic acids is 1. The Bertz CT molecular complexity index is 791. The highest BCUT2D eigenvalue weighted by atomic mass is 35.5. The number of nitrogens with one attached hydrogen (secondary N) is 2. The van der Waals surface area contributed by atoms with Gasteiger partial charge in [0.25, 0.3) is 5.69 Å². The van der Waals surface area contributed by atoms with Gasteiger partial charge in [-0.3, -0.25) is 24.9 Å². The molecule has 2 N–H and O–H groups in total. The molecule has 2 heterocycles. The summed E-state index contributed by atoms with van der Waals surface area (Å²) in [6, 6.07) is 3.96. The Labute approximate surface area is 142 Å². The summed E-state index contributed by atoms with van der Waals surface area (Å²) < 4.78 is 0. The number of nitrogens with zero attached hydrogens (tertiary/aromatic N) is 3. The van der Waals surface area contributed by atoms with Gasteiger partial charge in [0.15, 0.2) is 0 Å². The van der Waals surface area contributed by atoms with Crippen molar-refractivity contribution in [2.45, 2.75) is 19.4 Å². The van der Waals surface area contributed by atoms with E-state index in [1.807, 2.05) is 4.90 Å². The highest BCUT2D eigenvalue weighted by molar-refractivity contribution is 6.34. The second kappa shape index (κ2) is 6.58. The zero-order chi connectivity index (χ0) is 17.3. The average molecular weight is 350 g/mol. The van der Waals surface area contributed by atoms with E-state index < -0.39 is 4.92 Å². The molecule has 1 aromatic heterocycles. The minimum atomic E-state index is -0.533. The largest absolute Gasteiger partial charge is 0.324 e. The summed E-state index contributed by atoms with van der Waals surface area (Å²) in [6.45, 7) is 3.69. The summed E-state index contributed by atoms with van der Waals surface area (Å²) >= 11 is 5.99. The third-order valence-corrected chi connectivity index (χ3v) is 4.29. The van der Waals surface area contributed by atoms with Gasteiger partial charge in [0.05, 0.1) is 28.4 Å². The van der Waals surface area contributed by atoms with Crippen molar-refractivity contribution >= 4 is 28.9 Å². The Morgan fingerprint density at radius 2 is 2.38 bits per heavy atom. The summed E-state index contributed by atoms with van der Waals surface area (Å²) in [5.41, 5.74) is 2.46. The topological polar surface area (TPSA) is 104 Å². The Kier molecular flexibility index (Phi) is 4.50. The summed E-state index contributed by atoms with van der Waals surface area (Å²) in [4.78, 5) is 24.4. The smallest absolute Gasteiger partial charge is 0.271 e. The number of non-ortho nitro benzene ring substituents is 1. The van der Waals surface area contributed by atoms with Gasteiger partial charge in [0.2, 0.25) is 5.91 Å². The molecular weight excluding hydrogens is 334 g/mol. The number of anilines is 1. The maximum absolute atomic E-state index is 12.2. The van der Waals surface area contributed by atoms with Crippen molar-refractivity contribution in [2.24, 2.45) is 0 Å². The minimum Gasteiger partial charge on any atom is -0.324 e. The van der Waals surface area contributed by atoms with Crippen LogP contribution in [0.5, 0.6) is 0 Å². The van der Waals surface area contributed by atoms with Gasteiger partial charge in [-0.15, -0.1) is 0 Å². The van der Waals surface area contributed by atoms with Gasteiger partial charge >= 0.3 is 0 Å². The molecule has 3 rings (SSSR count). The highest BCUT2D eigenvalue weighted by Crippen LogP contribution is 2.28. The zero-order valence-electron chi connectivity index (χ0n) is 13.0. The molecule has 1 aliphatic heterocycles. The molecule has 1 amide bonds. The maximum atomic E-state index is 12.2. The molecule has 0 saturated carbocycles. The number of aromatic amines is 1. The number of hydrogen-bond acceptors (Lipinski definition) is 5. The van der Waals surface area contributed by atoms with E-state index in [-0.39, 0.29) is 29.1 Å². The molecule has 0 bridgehead atoms. The Morgan fingerprint density at radius 3 is 3.08 bits per heavy atom. The second-order valence-electron chi connectivity index (χ2n) is 5.85.